The third-order valence-electron chi connectivity index (χ3n) is 3.81. The smallest absolute Gasteiger partial charge is 0.273 e. The molecule has 0 unspecified atom stereocenters. The van der Waals surface area contributed by atoms with Gasteiger partial charge in [0.1, 0.15) is 0 Å². The van der Waals surface area contributed by atoms with Crippen molar-refractivity contribution in [2.45, 2.75) is 26.3 Å². The van der Waals surface area contributed by atoms with Crippen molar-refractivity contribution in [3.8, 4) is 0 Å². The number of hydrogen-bond donors (Lipinski definition) is 1. The highest BCUT2D eigenvalue weighted by Crippen LogP contribution is 2.29. The van der Waals surface area contributed by atoms with Crippen LogP contribution < -0.4 is 5.32 Å². The molecule has 0 atom stereocenters. The van der Waals surface area contributed by atoms with Gasteiger partial charge in [0.25, 0.3) is 5.69 Å². The van der Waals surface area contributed by atoms with E-state index in [4.69, 9.17) is 4.74 Å². The van der Waals surface area contributed by atoms with Gasteiger partial charge in [0.05, 0.1) is 4.92 Å². The number of benzene rings is 1. The minimum absolute atomic E-state index is 0.165. The number of hydrogen-bond acceptors (Lipinski definition) is 4. The van der Waals surface area contributed by atoms with Crippen molar-refractivity contribution in [2.24, 2.45) is 5.41 Å². The lowest BCUT2D eigenvalue weighted by atomic mass is 9.82. The average molecular weight is 343 g/mol. The zero-order valence-corrected chi connectivity index (χ0v) is 13.1. The van der Waals surface area contributed by atoms with Gasteiger partial charge in [-0.05, 0) is 30.4 Å². The summed E-state index contributed by atoms with van der Waals surface area (Å²) in [6.45, 7) is 5.19. The van der Waals surface area contributed by atoms with E-state index in [-0.39, 0.29) is 16.0 Å². The number of halogens is 1. The van der Waals surface area contributed by atoms with Crippen LogP contribution in [0.2, 0.25) is 0 Å². The Morgan fingerprint density at radius 2 is 2.15 bits per heavy atom. The van der Waals surface area contributed by atoms with Gasteiger partial charge < -0.3 is 10.1 Å². The van der Waals surface area contributed by atoms with Gasteiger partial charge in [-0.15, -0.1) is 0 Å². The molecule has 1 fully saturated rings. The van der Waals surface area contributed by atoms with Crippen molar-refractivity contribution < 1.29 is 9.66 Å². The quantitative estimate of drug-likeness (QED) is 0.658. The first-order chi connectivity index (χ1) is 9.50. The van der Waals surface area contributed by atoms with E-state index < -0.39 is 0 Å². The fourth-order valence-corrected chi connectivity index (χ4v) is 2.82. The zero-order chi connectivity index (χ0) is 14.6. The first-order valence-electron chi connectivity index (χ1n) is 6.71. The van der Waals surface area contributed by atoms with Crippen LogP contribution in [0.15, 0.2) is 22.7 Å². The van der Waals surface area contributed by atoms with Crippen LogP contribution in [0.4, 0.5) is 5.69 Å². The maximum atomic E-state index is 11.0. The average Bonchev–Trinajstić information content (AvgIpc) is 2.39. The van der Waals surface area contributed by atoms with Gasteiger partial charge in [-0.2, -0.15) is 0 Å². The van der Waals surface area contributed by atoms with E-state index in [2.05, 4.69) is 28.2 Å². The van der Waals surface area contributed by atoms with E-state index in [1.807, 2.05) is 0 Å². The first-order valence-corrected chi connectivity index (χ1v) is 7.51. The van der Waals surface area contributed by atoms with Gasteiger partial charge in [0, 0.05) is 42.4 Å². The fraction of sp³-hybridized carbons (Fsp3) is 0.571. The van der Waals surface area contributed by atoms with E-state index in [9.17, 15) is 10.1 Å². The third-order valence-corrected chi connectivity index (χ3v) is 4.30. The van der Waals surface area contributed by atoms with Gasteiger partial charge >= 0.3 is 0 Å². The van der Waals surface area contributed by atoms with Crippen molar-refractivity contribution in [3.63, 3.8) is 0 Å². The van der Waals surface area contributed by atoms with Crippen LogP contribution in [0.1, 0.15) is 25.3 Å². The Balaban J connectivity index is 1.96. The Kier molecular flexibility index (Phi) is 5.12. The lowest BCUT2D eigenvalue weighted by molar-refractivity contribution is -0.385. The fourth-order valence-electron chi connectivity index (χ4n) is 2.41. The summed E-state index contributed by atoms with van der Waals surface area (Å²) in [4.78, 5) is 10.7. The molecule has 0 radical (unpaired) electrons. The summed E-state index contributed by atoms with van der Waals surface area (Å²) in [7, 11) is 0. The maximum absolute atomic E-state index is 11.0. The molecule has 110 valence electrons. The molecule has 0 amide bonds. The molecule has 1 aromatic carbocycles. The number of rotatable bonds is 5. The molecule has 0 spiro atoms. The highest BCUT2D eigenvalue weighted by atomic mass is 79.9. The second kappa shape index (κ2) is 6.65. The largest absolute Gasteiger partial charge is 0.381 e. The Morgan fingerprint density at radius 3 is 2.80 bits per heavy atom. The van der Waals surface area contributed by atoms with Gasteiger partial charge in [-0.1, -0.05) is 22.9 Å². The molecular weight excluding hydrogens is 324 g/mol. The van der Waals surface area contributed by atoms with Crippen LogP contribution >= 0.6 is 15.9 Å². The molecule has 0 aliphatic carbocycles. The number of nitro benzene ring substituents is 1. The Hall–Kier alpha value is -0.980. The first kappa shape index (κ1) is 15.4. The van der Waals surface area contributed by atoms with Gasteiger partial charge in [-0.25, -0.2) is 0 Å². The predicted molar refractivity (Wildman–Crippen MR) is 80.7 cm³/mol. The SMILES string of the molecule is CC1(CNCc2cc(Br)ccc2[N+](=O)[O-])CCOCC1. The van der Waals surface area contributed by atoms with Crippen molar-refractivity contribution >= 4 is 21.6 Å². The molecule has 0 bridgehead atoms. The van der Waals surface area contributed by atoms with Crippen molar-refractivity contribution in [2.75, 3.05) is 19.8 Å². The molecule has 1 heterocycles. The molecule has 1 aliphatic heterocycles. The predicted octanol–water partition coefficient (Wildman–Crippen LogP) is 3.26. The molecule has 1 aromatic rings. The minimum Gasteiger partial charge on any atom is -0.381 e. The molecule has 20 heavy (non-hydrogen) atoms. The Labute approximate surface area is 127 Å². The molecular formula is C14H19BrN2O3. The van der Waals surface area contributed by atoms with Crippen LogP contribution in [-0.2, 0) is 11.3 Å². The van der Waals surface area contributed by atoms with Crippen LogP contribution in [0, 0.1) is 15.5 Å². The molecule has 2 rings (SSSR count). The van der Waals surface area contributed by atoms with Crippen LogP contribution in [-0.4, -0.2) is 24.7 Å². The molecule has 1 saturated heterocycles. The molecule has 1 N–H and O–H groups in total. The second-order valence-corrected chi connectivity index (χ2v) is 6.47. The third kappa shape index (κ3) is 4.01. The molecule has 1 aliphatic rings. The van der Waals surface area contributed by atoms with Crippen molar-refractivity contribution in [1.82, 2.24) is 5.32 Å². The van der Waals surface area contributed by atoms with Gasteiger partial charge in [0.15, 0.2) is 0 Å². The summed E-state index contributed by atoms with van der Waals surface area (Å²) < 4.78 is 6.23. The molecule has 6 heteroatoms. The summed E-state index contributed by atoms with van der Waals surface area (Å²) in [5.74, 6) is 0. The maximum Gasteiger partial charge on any atom is 0.273 e. The monoisotopic (exact) mass is 342 g/mol. The normalized spacial score (nSPS) is 17.9. The second-order valence-electron chi connectivity index (χ2n) is 5.56. The lowest BCUT2D eigenvalue weighted by Gasteiger charge is -2.33. The zero-order valence-electron chi connectivity index (χ0n) is 11.5. The van der Waals surface area contributed by atoms with E-state index in [0.29, 0.717) is 12.1 Å². The van der Waals surface area contributed by atoms with E-state index in [1.165, 1.54) is 6.07 Å². The summed E-state index contributed by atoms with van der Waals surface area (Å²) in [6.07, 6.45) is 2.06. The van der Waals surface area contributed by atoms with Crippen LogP contribution in [0.5, 0.6) is 0 Å². The summed E-state index contributed by atoms with van der Waals surface area (Å²) in [6, 6.07) is 5.04. The minimum atomic E-state index is -0.334. The highest BCUT2D eigenvalue weighted by Gasteiger charge is 2.27. The van der Waals surface area contributed by atoms with Crippen molar-refractivity contribution in [3.05, 3.63) is 38.3 Å². The summed E-state index contributed by atoms with van der Waals surface area (Å²) >= 11 is 3.36. The number of nitro groups is 1. The highest BCUT2D eigenvalue weighted by molar-refractivity contribution is 9.10. The molecule has 0 aromatic heterocycles. The van der Waals surface area contributed by atoms with Gasteiger partial charge in [-0.3, -0.25) is 10.1 Å². The summed E-state index contributed by atoms with van der Waals surface area (Å²) in [5.41, 5.74) is 1.09. The summed E-state index contributed by atoms with van der Waals surface area (Å²) in [5, 5.41) is 14.4. The van der Waals surface area contributed by atoms with Gasteiger partial charge in [0.2, 0.25) is 0 Å². The molecule has 0 saturated carbocycles. The number of nitrogens with zero attached hydrogens (tertiary/aromatic N) is 1. The Morgan fingerprint density at radius 1 is 1.45 bits per heavy atom. The van der Waals surface area contributed by atoms with E-state index in [1.54, 1.807) is 12.1 Å². The van der Waals surface area contributed by atoms with Crippen molar-refractivity contribution in [1.29, 1.82) is 0 Å². The topological polar surface area (TPSA) is 64.4 Å². The lowest BCUT2D eigenvalue weighted by Crippen LogP contribution is -2.36. The van der Waals surface area contributed by atoms with Crippen LogP contribution in [0.25, 0.3) is 0 Å². The van der Waals surface area contributed by atoms with Crippen LogP contribution in [0.3, 0.4) is 0 Å². The molecule has 5 nitrogen and oxygen atoms in total. The number of ether oxygens (including phenoxy) is 1. The van der Waals surface area contributed by atoms with E-state index >= 15 is 0 Å². The number of nitrogens with one attached hydrogen (secondary N) is 1. The Bertz CT molecular complexity index is 487. The standard InChI is InChI=1S/C14H19BrN2O3/c1-14(4-6-20-7-5-14)10-16-9-11-8-12(15)2-3-13(11)17(18)19/h2-3,8,16H,4-7,9-10H2,1H3. The van der Waals surface area contributed by atoms with E-state index in [0.717, 1.165) is 37.1 Å².